The van der Waals surface area contributed by atoms with Crippen LogP contribution in [0.5, 0.6) is 0 Å². The molecule has 0 unspecified atom stereocenters. The molecule has 0 aliphatic heterocycles. The molecule has 0 amide bonds. The summed E-state index contributed by atoms with van der Waals surface area (Å²) in [4.78, 5) is 0. The van der Waals surface area contributed by atoms with E-state index < -0.39 is 0 Å². The smallest absolute Gasteiger partial charge is 0.164 e. The molecule has 4 nitrogen and oxygen atoms in total. The molecule has 0 aromatic carbocycles. The molecule has 0 aliphatic rings. The van der Waals surface area contributed by atoms with Crippen molar-refractivity contribution in [3.8, 4) is 0 Å². The van der Waals surface area contributed by atoms with Crippen molar-refractivity contribution in [1.82, 2.24) is 20.0 Å². The molecule has 0 bridgehead atoms. The van der Waals surface area contributed by atoms with E-state index in [4.69, 9.17) is 23.2 Å². The summed E-state index contributed by atoms with van der Waals surface area (Å²) in [5, 5.41) is 11.4. The monoisotopic (exact) mass is 640 g/mol. The maximum Gasteiger partial charge on any atom is 0.164 e. The second kappa shape index (κ2) is 11.8. The molecule has 108 valence electrons. The van der Waals surface area contributed by atoms with E-state index in [1.807, 2.05) is 17.8 Å². The van der Waals surface area contributed by atoms with Crippen LogP contribution in [0.4, 0.5) is 0 Å². The number of aromatic nitrogens is 4. The Balaban J connectivity index is 0.000000289. The molecule has 0 radical (unpaired) electrons. The van der Waals surface area contributed by atoms with Gasteiger partial charge in [0.25, 0.3) is 0 Å². The highest BCUT2D eigenvalue weighted by atomic mass is 127. The number of nitrogens with one attached hydrogen (secondary N) is 1. The van der Waals surface area contributed by atoms with Crippen molar-refractivity contribution in [1.29, 1.82) is 0 Å². The largest absolute Gasteiger partial charge is 0.270 e. The molecular formula is C10H13Cl2I3N4. The molecule has 2 heterocycles. The minimum Gasteiger partial charge on any atom is -0.270 e. The van der Waals surface area contributed by atoms with Gasteiger partial charge in [-0.1, -0.05) is 52.7 Å². The third kappa shape index (κ3) is 8.94. The van der Waals surface area contributed by atoms with Crippen LogP contribution in [0.3, 0.4) is 0 Å². The van der Waals surface area contributed by atoms with E-state index in [1.165, 1.54) is 4.43 Å². The minimum absolute atomic E-state index is 0.595. The van der Waals surface area contributed by atoms with Gasteiger partial charge in [-0.2, -0.15) is 10.2 Å². The lowest BCUT2D eigenvalue weighted by Gasteiger charge is -1.88. The van der Waals surface area contributed by atoms with E-state index in [0.717, 1.165) is 13.7 Å². The zero-order valence-corrected chi connectivity index (χ0v) is 18.3. The highest BCUT2D eigenvalue weighted by Gasteiger charge is 1.99. The van der Waals surface area contributed by atoms with Crippen LogP contribution in [-0.2, 0) is 6.54 Å². The van der Waals surface area contributed by atoms with Crippen molar-refractivity contribution in [2.45, 2.75) is 20.4 Å². The molecule has 19 heavy (non-hydrogen) atoms. The predicted octanol–water partition coefficient (Wildman–Crippen LogP) is 5.27. The lowest BCUT2D eigenvalue weighted by atomic mass is 10.7. The number of aromatic amines is 1. The summed E-state index contributed by atoms with van der Waals surface area (Å²) in [5.41, 5.74) is 0. The predicted molar refractivity (Wildman–Crippen MR) is 107 cm³/mol. The van der Waals surface area contributed by atoms with Gasteiger partial charge >= 0.3 is 0 Å². The summed E-state index contributed by atoms with van der Waals surface area (Å²) >= 11 is 17.7. The zero-order valence-electron chi connectivity index (χ0n) is 10.3. The number of hydrogen-bond donors (Lipinski definition) is 1. The van der Waals surface area contributed by atoms with Crippen molar-refractivity contribution < 1.29 is 0 Å². The minimum atomic E-state index is 0.595. The third-order valence-corrected chi connectivity index (χ3v) is 4.36. The maximum absolute atomic E-state index is 5.67. The lowest BCUT2D eigenvalue weighted by Crippen LogP contribution is -1.92. The van der Waals surface area contributed by atoms with E-state index in [-0.39, 0.29) is 0 Å². The van der Waals surface area contributed by atoms with Gasteiger partial charge in [-0.25, -0.2) is 0 Å². The van der Waals surface area contributed by atoms with Crippen molar-refractivity contribution >= 4 is 91.0 Å². The number of nitrogens with zero attached hydrogens (tertiary/aromatic N) is 3. The number of alkyl halides is 1. The molecule has 0 fully saturated rings. The topological polar surface area (TPSA) is 46.5 Å². The van der Waals surface area contributed by atoms with Crippen LogP contribution in [0, 0.1) is 7.14 Å². The molecule has 2 aromatic heterocycles. The van der Waals surface area contributed by atoms with E-state index in [2.05, 4.69) is 90.0 Å². The first kappa shape index (κ1) is 20.2. The van der Waals surface area contributed by atoms with Gasteiger partial charge < -0.3 is 0 Å². The first-order valence-corrected chi connectivity index (χ1v) is 9.68. The van der Waals surface area contributed by atoms with Gasteiger partial charge in [0.15, 0.2) is 5.15 Å². The van der Waals surface area contributed by atoms with Crippen LogP contribution in [0.25, 0.3) is 0 Å². The Hall–Kier alpha value is 1.19. The van der Waals surface area contributed by atoms with Gasteiger partial charge in [-0.15, -0.1) is 0 Å². The van der Waals surface area contributed by atoms with E-state index in [1.54, 1.807) is 6.20 Å². The summed E-state index contributed by atoms with van der Waals surface area (Å²) in [7, 11) is 0. The Bertz CT molecular complexity index is 437. The van der Waals surface area contributed by atoms with Gasteiger partial charge in [0.05, 0.1) is 13.3 Å². The molecular weight excluding hydrogens is 628 g/mol. The fourth-order valence-corrected chi connectivity index (χ4v) is 1.72. The average molecular weight is 641 g/mol. The first-order chi connectivity index (χ1) is 8.96. The summed E-state index contributed by atoms with van der Waals surface area (Å²) in [5.74, 6) is 0. The lowest BCUT2D eigenvalue weighted by molar-refractivity contribution is 0.660. The second-order valence-corrected chi connectivity index (χ2v) is 7.51. The fraction of sp³-hybridized carbons (Fsp3) is 0.400. The second-order valence-electron chi connectivity index (χ2n) is 2.92. The van der Waals surface area contributed by atoms with Gasteiger partial charge in [0.2, 0.25) is 0 Å². The van der Waals surface area contributed by atoms with Crippen LogP contribution >= 0.6 is 91.0 Å². The summed E-state index contributed by atoms with van der Waals surface area (Å²) in [6.45, 7) is 5.02. The van der Waals surface area contributed by atoms with Crippen LogP contribution in [-0.4, -0.2) is 24.4 Å². The van der Waals surface area contributed by atoms with Crippen LogP contribution in [0.1, 0.15) is 13.8 Å². The molecule has 9 heteroatoms. The van der Waals surface area contributed by atoms with Crippen molar-refractivity contribution in [2.24, 2.45) is 0 Å². The van der Waals surface area contributed by atoms with Gasteiger partial charge in [0, 0.05) is 12.7 Å². The standard InChI is InChI=1S/C5H6ClIN2.C3H2ClIN2.C2H5I/c1-2-9-3-4(7)5(6)8-9;4-3-2(5)1-6-7-3;1-2-3/h3H,2H2,1H3;1H,(H,6,7);2H2,1H3. The SMILES string of the molecule is CCI.CCn1cc(I)c(Cl)n1.Clc1[nH]ncc1I. The highest BCUT2D eigenvalue weighted by molar-refractivity contribution is 14.1. The zero-order chi connectivity index (χ0) is 14.8. The van der Waals surface area contributed by atoms with E-state index >= 15 is 0 Å². The normalized spacial score (nSPS) is 9.21. The number of H-pyrrole nitrogens is 1. The fourth-order valence-electron chi connectivity index (χ4n) is 0.791. The molecule has 1 N–H and O–H groups in total. The quantitative estimate of drug-likeness (QED) is 0.341. The first-order valence-electron chi connectivity index (χ1n) is 5.24. The van der Waals surface area contributed by atoms with Crippen LogP contribution < -0.4 is 0 Å². The summed E-state index contributed by atoms with van der Waals surface area (Å²) in [6, 6.07) is 0. The van der Waals surface area contributed by atoms with E-state index in [0.29, 0.717) is 10.3 Å². The number of hydrogen-bond acceptors (Lipinski definition) is 2. The van der Waals surface area contributed by atoms with Crippen molar-refractivity contribution in [2.75, 3.05) is 4.43 Å². The molecule has 2 rings (SSSR count). The Morgan fingerprint density at radius 2 is 1.84 bits per heavy atom. The highest BCUT2D eigenvalue weighted by Crippen LogP contribution is 2.14. The van der Waals surface area contributed by atoms with Crippen molar-refractivity contribution in [3.63, 3.8) is 0 Å². The Kier molecular flexibility index (Phi) is 12.5. The molecule has 2 aromatic rings. The third-order valence-electron chi connectivity index (χ3n) is 1.55. The van der Waals surface area contributed by atoms with Crippen LogP contribution in [0.15, 0.2) is 12.4 Å². The van der Waals surface area contributed by atoms with E-state index in [9.17, 15) is 0 Å². The average Bonchev–Trinajstić information content (AvgIpc) is 2.89. The Morgan fingerprint density at radius 1 is 1.26 bits per heavy atom. The number of aryl methyl sites for hydroxylation is 1. The number of halogens is 5. The van der Waals surface area contributed by atoms with Gasteiger partial charge in [0.1, 0.15) is 5.15 Å². The maximum atomic E-state index is 5.67. The van der Waals surface area contributed by atoms with Crippen molar-refractivity contribution in [3.05, 3.63) is 29.8 Å². The van der Waals surface area contributed by atoms with Gasteiger partial charge in [-0.3, -0.25) is 9.78 Å². The van der Waals surface area contributed by atoms with Crippen LogP contribution in [0.2, 0.25) is 10.3 Å². The molecule has 0 saturated carbocycles. The summed E-state index contributed by atoms with van der Waals surface area (Å²) < 4.78 is 5.00. The molecule has 0 atom stereocenters. The summed E-state index contributed by atoms with van der Waals surface area (Å²) in [6.07, 6.45) is 3.59. The molecule has 0 saturated heterocycles. The van der Waals surface area contributed by atoms with Gasteiger partial charge in [-0.05, 0) is 56.5 Å². The Labute approximate surface area is 163 Å². The molecule has 0 spiro atoms. The molecule has 0 aliphatic carbocycles. The Morgan fingerprint density at radius 3 is 2.00 bits per heavy atom. The number of rotatable bonds is 1.